The van der Waals surface area contributed by atoms with Crippen molar-refractivity contribution in [2.75, 3.05) is 11.0 Å². The fraction of sp³-hybridized carbons (Fsp3) is 0.185. The third-order valence-electron chi connectivity index (χ3n) is 6.22. The van der Waals surface area contributed by atoms with Gasteiger partial charge in [-0.05, 0) is 43.2 Å². The Labute approximate surface area is 209 Å². The van der Waals surface area contributed by atoms with Gasteiger partial charge in [0.1, 0.15) is 0 Å². The highest BCUT2D eigenvalue weighted by atomic mass is 32.2. The molecule has 3 aromatic heterocycles. The normalized spacial score (nSPS) is 12.1. The molecule has 0 atom stereocenters. The van der Waals surface area contributed by atoms with Crippen molar-refractivity contribution in [2.24, 2.45) is 7.05 Å². The minimum atomic E-state index is -3.41. The van der Waals surface area contributed by atoms with Crippen molar-refractivity contribution >= 4 is 37.5 Å². The van der Waals surface area contributed by atoms with Gasteiger partial charge in [-0.3, -0.25) is 14.4 Å². The zero-order chi connectivity index (χ0) is 25.7. The van der Waals surface area contributed by atoms with Crippen LogP contribution in [0.15, 0.2) is 67.1 Å². The number of hydrogen-bond acceptors (Lipinski definition) is 6. The molecule has 0 spiro atoms. The fourth-order valence-electron chi connectivity index (χ4n) is 4.30. The Morgan fingerprint density at radius 1 is 0.944 bits per heavy atom. The molecule has 3 heterocycles. The number of nitrogens with zero attached hydrogens (tertiary/aromatic N) is 5. The molecule has 0 aliphatic heterocycles. The average Bonchev–Trinajstić information content (AvgIpc) is 3.24. The maximum atomic E-state index is 11.6. The van der Waals surface area contributed by atoms with Crippen LogP contribution in [0.4, 0.5) is 5.69 Å². The molecular formula is C27H24N6O2S. The van der Waals surface area contributed by atoms with Crippen LogP contribution < -0.4 is 4.72 Å². The summed E-state index contributed by atoms with van der Waals surface area (Å²) in [6, 6.07) is 17.9. The van der Waals surface area contributed by atoms with Crippen molar-refractivity contribution in [1.82, 2.24) is 19.7 Å². The number of anilines is 1. The fourth-order valence-corrected chi connectivity index (χ4v) is 4.84. The number of benzene rings is 2. The van der Waals surface area contributed by atoms with E-state index in [0.29, 0.717) is 5.69 Å². The first-order valence-electron chi connectivity index (χ1n) is 11.3. The number of fused-ring (bicyclic) bond motifs is 3. The number of rotatable bonds is 5. The largest absolute Gasteiger partial charge is 0.282 e. The van der Waals surface area contributed by atoms with Crippen molar-refractivity contribution in [2.45, 2.75) is 19.3 Å². The number of aryl methyl sites for hydroxylation is 1. The van der Waals surface area contributed by atoms with E-state index in [4.69, 9.17) is 4.98 Å². The number of nitrogens with one attached hydrogen (secondary N) is 1. The first-order chi connectivity index (χ1) is 17.1. The van der Waals surface area contributed by atoms with E-state index in [9.17, 15) is 13.7 Å². The first-order valence-corrected chi connectivity index (χ1v) is 13.2. The number of nitriles is 1. The second-order valence-electron chi connectivity index (χ2n) is 9.37. The van der Waals surface area contributed by atoms with E-state index in [2.05, 4.69) is 20.9 Å². The van der Waals surface area contributed by atoms with Crippen molar-refractivity contribution in [3.8, 4) is 28.5 Å². The van der Waals surface area contributed by atoms with Crippen LogP contribution in [0.25, 0.3) is 44.2 Å². The van der Waals surface area contributed by atoms with Crippen LogP contribution in [-0.4, -0.2) is 34.4 Å². The summed E-state index contributed by atoms with van der Waals surface area (Å²) in [7, 11) is -1.52. The molecule has 2 aromatic carbocycles. The van der Waals surface area contributed by atoms with E-state index in [-0.39, 0.29) is 0 Å². The Bertz CT molecular complexity index is 1780. The van der Waals surface area contributed by atoms with Crippen molar-refractivity contribution in [3.05, 3.63) is 72.7 Å². The summed E-state index contributed by atoms with van der Waals surface area (Å²) in [6.45, 7) is 3.80. The molecular weight excluding hydrogens is 472 g/mol. The van der Waals surface area contributed by atoms with Crippen molar-refractivity contribution in [3.63, 3.8) is 0 Å². The molecule has 5 rings (SSSR count). The van der Waals surface area contributed by atoms with Crippen LogP contribution in [0.1, 0.15) is 19.4 Å². The van der Waals surface area contributed by atoms with Gasteiger partial charge >= 0.3 is 0 Å². The Hall–Kier alpha value is -4.29. The van der Waals surface area contributed by atoms with Crippen LogP contribution in [0.3, 0.4) is 0 Å². The SMILES string of the molecule is Cn1ncc2c3cc(-c4cncc(NS(C)(=O)=O)c4)ccc3nc(-c3ccc(C(C)(C)C#N)cc3)c21. The minimum Gasteiger partial charge on any atom is -0.282 e. The maximum Gasteiger partial charge on any atom is 0.229 e. The second-order valence-corrected chi connectivity index (χ2v) is 11.1. The lowest BCUT2D eigenvalue weighted by Crippen LogP contribution is -2.13. The predicted molar refractivity (Wildman–Crippen MR) is 142 cm³/mol. The standard InChI is InChI=1S/C27H24N6O2S/c1-27(2,16-28)20-8-5-17(6-9-20)25-26-23(15-30-33(26)3)22-12-18(7-10-24(22)31-25)19-11-21(14-29-13-19)32-36(4,34)35/h5-15,32H,1-4H3. The van der Waals surface area contributed by atoms with Gasteiger partial charge in [0.05, 0.1) is 52.5 Å². The lowest BCUT2D eigenvalue weighted by molar-refractivity contribution is 0.607. The van der Waals surface area contributed by atoms with E-state index in [0.717, 1.165) is 56.0 Å². The van der Waals surface area contributed by atoms with Gasteiger partial charge in [0.2, 0.25) is 10.0 Å². The molecule has 9 heteroatoms. The first kappa shape index (κ1) is 23.5. The summed E-state index contributed by atoms with van der Waals surface area (Å²) in [5, 5.41) is 15.9. The highest BCUT2D eigenvalue weighted by Gasteiger charge is 2.20. The van der Waals surface area contributed by atoms with Crippen LogP contribution in [-0.2, 0) is 22.5 Å². The number of aromatic nitrogens is 4. The summed E-state index contributed by atoms with van der Waals surface area (Å²) in [6.07, 6.45) is 6.11. The van der Waals surface area contributed by atoms with E-state index >= 15 is 0 Å². The molecule has 0 saturated heterocycles. The molecule has 8 nitrogen and oxygen atoms in total. The van der Waals surface area contributed by atoms with E-state index in [1.54, 1.807) is 12.3 Å². The average molecular weight is 497 g/mol. The summed E-state index contributed by atoms with van der Waals surface area (Å²) >= 11 is 0. The molecule has 180 valence electrons. The van der Waals surface area contributed by atoms with Crippen LogP contribution >= 0.6 is 0 Å². The zero-order valence-corrected chi connectivity index (χ0v) is 21.1. The van der Waals surface area contributed by atoms with Crippen LogP contribution in [0.5, 0.6) is 0 Å². The number of sulfonamides is 1. The van der Waals surface area contributed by atoms with E-state index in [1.165, 1.54) is 6.20 Å². The molecule has 0 aliphatic carbocycles. The molecule has 0 radical (unpaired) electrons. The van der Waals surface area contributed by atoms with Gasteiger partial charge in [-0.1, -0.05) is 30.3 Å². The summed E-state index contributed by atoms with van der Waals surface area (Å²) in [5.41, 5.74) is 5.91. The lowest BCUT2D eigenvalue weighted by Gasteiger charge is -2.16. The Morgan fingerprint density at radius 2 is 1.67 bits per heavy atom. The smallest absolute Gasteiger partial charge is 0.229 e. The van der Waals surface area contributed by atoms with Gasteiger partial charge in [-0.2, -0.15) is 10.4 Å². The van der Waals surface area contributed by atoms with Gasteiger partial charge in [0.15, 0.2) is 0 Å². The van der Waals surface area contributed by atoms with E-state index < -0.39 is 15.4 Å². The summed E-state index contributed by atoms with van der Waals surface area (Å²) in [4.78, 5) is 9.18. The lowest BCUT2D eigenvalue weighted by atomic mass is 9.86. The highest BCUT2D eigenvalue weighted by Crippen LogP contribution is 2.35. The van der Waals surface area contributed by atoms with Crippen molar-refractivity contribution < 1.29 is 8.42 Å². The van der Waals surface area contributed by atoms with Crippen molar-refractivity contribution in [1.29, 1.82) is 5.26 Å². The zero-order valence-electron chi connectivity index (χ0n) is 20.3. The second kappa shape index (κ2) is 8.43. The highest BCUT2D eigenvalue weighted by molar-refractivity contribution is 7.92. The van der Waals surface area contributed by atoms with Gasteiger partial charge in [-0.25, -0.2) is 13.4 Å². The van der Waals surface area contributed by atoms with Crippen LogP contribution in [0.2, 0.25) is 0 Å². The van der Waals surface area contributed by atoms with Gasteiger partial charge in [0.25, 0.3) is 0 Å². The van der Waals surface area contributed by atoms with Gasteiger partial charge in [-0.15, -0.1) is 0 Å². The maximum absolute atomic E-state index is 11.6. The molecule has 0 aliphatic rings. The minimum absolute atomic E-state index is 0.401. The van der Waals surface area contributed by atoms with E-state index in [1.807, 2.05) is 74.2 Å². The molecule has 0 unspecified atom stereocenters. The summed E-state index contributed by atoms with van der Waals surface area (Å²) < 4.78 is 27.6. The Balaban J connectivity index is 1.64. The van der Waals surface area contributed by atoms with Gasteiger partial charge < -0.3 is 0 Å². The quantitative estimate of drug-likeness (QED) is 0.365. The Kier molecular flexibility index (Phi) is 5.49. The molecule has 1 N–H and O–H groups in total. The molecule has 5 aromatic rings. The number of hydrogen-bond donors (Lipinski definition) is 1. The third-order valence-corrected chi connectivity index (χ3v) is 6.82. The van der Waals surface area contributed by atoms with Gasteiger partial charge in [0, 0.05) is 35.1 Å². The molecule has 0 amide bonds. The molecule has 0 bridgehead atoms. The molecule has 0 saturated carbocycles. The monoisotopic (exact) mass is 496 g/mol. The topological polar surface area (TPSA) is 114 Å². The predicted octanol–water partition coefficient (Wildman–Crippen LogP) is 5.02. The summed E-state index contributed by atoms with van der Waals surface area (Å²) in [5.74, 6) is 0. The third kappa shape index (κ3) is 4.27. The van der Waals surface area contributed by atoms with Crippen LogP contribution in [0, 0.1) is 11.3 Å². The molecule has 0 fully saturated rings. The number of pyridine rings is 2. The Morgan fingerprint density at radius 3 is 2.36 bits per heavy atom. The molecule has 36 heavy (non-hydrogen) atoms.